The number of thiocarbonyl (C=S) groups is 1. The van der Waals surface area contributed by atoms with Crippen LogP contribution in [0.15, 0.2) is 65.2 Å². The molecule has 1 saturated heterocycles. The summed E-state index contributed by atoms with van der Waals surface area (Å²) in [5, 5.41) is 6.92. The van der Waals surface area contributed by atoms with Crippen molar-refractivity contribution in [1.29, 1.82) is 0 Å². The molecule has 1 unspecified atom stereocenters. The Balaban J connectivity index is 1.29. The van der Waals surface area contributed by atoms with E-state index in [0.717, 1.165) is 35.1 Å². The van der Waals surface area contributed by atoms with Gasteiger partial charge in [-0.25, -0.2) is 4.98 Å². The van der Waals surface area contributed by atoms with Gasteiger partial charge in [0.15, 0.2) is 5.11 Å². The predicted octanol–water partition coefficient (Wildman–Crippen LogP) is 5.21. The molecule has 1 atom stereocenters. The first-order chi connectivity index (χ1) is 14.2. The predicted molar refractivity (Wildman–Crippen MR) is 122 cm³/mol. The maximum absolute atomic E-state index is 5.90. The van der Waals surface area contributed by atoms with E-state index < -0.39 is 0 Å². The van der Waals surface area contributed by atoms with E-state index in [0.29, 0.717) is 17.7 Å². The van der Waals surface area contributed by atoms with E-state index >= 15 is 0 Å². The number of nitrogens with zero attached hydrogens (tertiary/aromatic N) is 2. The van der Waals surface area contributed by atoms with E-state index in [1.807, 2.05) is 54.7 Å². The molecule has 3 heterocycles. The van der Waals surface area contributed by atoms with Gasteiger partial charge in [0.2, 0.25) is 0 Å². The Morgan fingerprint density at radius 3 is 2.76 bits per heavy atom. The van der Waals surface area contributed by atoms with Gasteiger partial charge in [-0.1, -0.05) is 30.3 Å². The summed E-state index contributed by atoms with van der Waals surface area (Å²) in [7, 11) is 0. The van der Waals surface area contributed by atoms with Gasteiger partial charge in [-0.15, -0.1) is 0 Å². The minimum absolute atomic E-state index is 0.523. The van der Waals surface area contributed by atoms with Gasteiger partial charge in [0.25, 0.3) is 0 Å². The number of hydrogen-bond acceptors (Lipinski definition) is 4. The second-order valence-electron chi connectivity index (χ2n) is 7.38. The van der Waals surface area contributed by atoms with Gasteiger partial charge in [-0.2, -0.15) is 0 Å². The van der Waals surface area contributed by atoms with Crippen molar-refractivity contribution in [2.75, 3.05) is 16.8 Å². The van der Waals surface area contributed by atoms with E-state index in [1.54, 1.807) is 0 Å². The maximum atomic E-state index is 5.90. The number of pyridine rings is 1. The summed E-state index contributed by atoms with van der Waals surface area (Å²) in [6, 6.07) is 18.6. The zero-order valence-electron chi connectivity index (χ0n) is 16.6. The zero-order chi connectivity index (χ0) is 20.1. The van der Waals surface area contributed by atoms with Crippen LogP contribution in [0.4, 0.5) is 11.5 Å². The highest BCUT2D eigenvalue weighted by atomic mass is 32.1. The largest absolute Gasteiger partial charge is 0.459 e. The molecule has 0 spiro atoms. The van der Waals surface area contributed by atoms with Crippen molar-refractivity contribution < 1.29 is 4.42 Å². The van der Waals surface area contributed by atoms with Crippen molar-refractivity contribution >= 4 is 28.8 Å². The SMILES string of the molecule is CC1CCCCN1c1ccc(NC(=S)NCc2ccc(-c3ccccc3)o2)cn1. The number of benzene rings is 1. The van der Waals surface area contributed by atoms with Crippen molar-refractivity contribution in [2.45, 2.75) is 38.8 Å². The van der Waals surface area contributed by atoms with Gasteiger partial charge in [0.05, 0.1) is 18.4 Å². The van der Waals surface area contributed by atoms with Crippen molar-refractivity contribution in [3.8, 4) is 11.3 Å². The number of hydrogen-bond donors (Lipinski definition) is 2. The molecule has 2 N–H and O–H groups in total. The fourth-order valence-corrected chi connectivity index (χ4v) is 3.83. The van der Waals surface area contributed by atoms with Crippen LogP contribution in [0.3, 0.4) is 0 Å². The molecular formula is C23H26N4OS. The van der Waals surface area contributed by atoms with E-state index in [-0.39, 0.29) is 0 Å². The molecule has 4 rings (SSSR count). The lowest BCUT2D eigenvalue weighted by Gasteiger charge is -2.34. The molecule has 3 aromatic rings. The summed E-state index contributed by atoms with van der Waals surface area (Å²) in [5.41, 5.74) is 1.94. The zero-order valence-corrected chi connectivity index (χ0v) is 17.4. The quantitative estimate of drug-likeness (QED) is 0.568. The average molecular weight is 407 g/mol. The van der Waals surface area contributed by atoms with Gasteiger partial charge in [-0.05, 0) is 62.7 Å². The van der Waals surface area contributed by atoms with Crippen LogP contribution < -0.4 is 15.5 Å². The Hall–Kier alpha value is -2.86. The molecule has 0 radical (unpaired) electrons. The fraction of sp³-hybridized carbons (Fsp3) is 0.304. The summed E-state index contributed by atoms with van der Waals surface area (Å²) in [4.78, 5) is 7.00. The molecule has 29 heavy (non-hydrogen) atoms. The summed E-state index contributed by atoms with van der Waals surface area (Å²) in [6.07, 6.45) is 5.61. The summed E-state index contributed by atoms with van der Waals surface area (Å²) in [6.45, 7) is 3.87. The molecule has 0 bridgehead atoms. The number of piperidine rings is 1. The lowest BCUT2D eigenvalue weighted by atomic mass is 10.0. The van der Waals surface area contributed by atoms with Gasteiger partial charge in [-0.3, -0.25) is 0 Å². The van der Waals surface area contributed by atoms with Crippen molar-refractivity contribution in [2.24, 2.45) is 0 Å². The molecule has 1 fully saturated rings. The van der Waals surface area contributed by atoms with Crippen molar-refractivity contribution in [1.82, 2.24) is 10.3 Å². The Kier molecular flexibility index (Phi) is 6.10. The minimum atomic E-state index is 0.523. The van der Waals surface area contributed by atoms with E-state index in [4.69, 9.17) is 16.6 Å². The van der Waals surface area contributed by atoms with E-state index in [2.05, 4.69) is 33.5 Å². The van der Waals surface area contributed by atoms with Crippen LogP contribution in [-0.2, 0) is 6.54 Å². The molecule has 150 valence electrons. The number of rotatable bonds is 5. The molecule has 1 aliphatic heterocycles. The molecular weight excluding hydrogens is 380 g/mol. The molecule has 0 aliphatic carbocycles. The second-order valence-corrected chi connectivity index (χ2v) is 7.79. The van der Waals surface area contributed by atoms with Crippen LogP contribution >= 0.6 is 12.2 Å². The first-order valence-electron chi connectivity index (χ1n) is 10.1. The highest BCUT2D eigenvalue weighted by Crippen LogP contribution is 2.24. The molecule has 0 saturated carbocycles. The topological polar surface area (TPSA) is 53.3 Å². The summed E-state index contributed by atoms with van der Waals surface area (Å²) < 4.78 is 5.90. The van der Waals surface area contributed by atoms with Crippen LogP contribution in [0.1, 0.15) is 31.9 Å². The smallest absolute Gasteiger partial charge is 0.171 e. The highest BCUT2D eigenvalue weighted by molar-refractivity contribution is 7.80. The molecule has 1 aliphatic rings. The average Bonchev–Trinajstić information content (AvgIpc) is 3.23. The second kappa shape index (κ2) is 9.09. The number of furan rings is 1. The number of anilines is 2. The third kappa shape index (κ3) is 4.95. The summed E-state index contributed by atoms with van der Waals surface area (Å²) in [5.74, 6) is 2.72. The van der Waals surface area contributed by atoms with E-state index in [9.17, 15) is 0 Å². The third-order valence-corrected chi connectivity index (χ3v) is 5.49. The number of aromatic nitrogens is 1. The van der Waals surface area contributed by atoms with Gasteiger partial charge in [0, 0.05) is 18.2 Å². The minimum Gasteiger partial charge on any atom is -0.459 e. The van der Waals surface area contributed by atoms with Gasteiger partial charge >= 0.3 is 0 Å². The standard InChI is InChI=1S/C23H26N4OS/c1-17-7-5-6-14-27(17)22-13-10-19(15-24-22)26-23(29)25-16-20-11-12-21(28-20)18-8-3-2-4-9-18/h2-4,8-13,15,17H,5-7,14,16H2,1H3,(H2,25,26,29). The van der Waals surface area contributed by atoms with Crippen LogP contribution in [0.5, 0.6) is 0 Å². The molecule has 1 aromatic carbocycles. The highest BCUT2D eigenvalue weighted by Gasteiger charge is 2.19. The molecule has 0 amide bonds. The molecule has 5 nitrogen and oxygen atoms in total. The van der Waals surface area contributed by atoms with Crippen molar-refractivity contribution in [3.63, 3.8) is 0 Å². The van der Waals surface area contributed by atoms with Crippen LogP contribution in [0, 0.1) is 0 Å². The van der Waals surface area contributed by atoms with Gasteiger partial charge in [0.1, 0.15) is 17.3 Å². The van der Waals surface area contributed by atoms with Gasteiger partial charge < -0.3 is 20.0 Å². The molecule has 6 heteroatoms. The number of nitrogens with one attached hydrogen (secondary N) is 2. The first-order valence-corrected chi connectivity index (χ1v) is 10.5. The van der Waals surface area contributed by atoms with Crippen LogP contribution in [-0.4, -0.2) is 22.7 Å². The fourth-order valence-electron chi connectivity index (χ4n) is 3.64. The normalized spacial score (nSPS) is 16.4. The Bertz CT molecular complexity index is 939. The van der Waals surface area contributed by atoms with E-state index in [1.165, 1.54) is 19.3 Å². The Morgan fingerprint density at radius 1 is 1.14 bits per heavy atom. The van der Waals surface area contributed by atoms with Crippen LogP contribution in [0.2, 0.25) is 0 Å². The Labute approximate surface area is 177 Å². The third-order valence-electron chi connectivity index (χ3n) is 5.25. The first kappa shape index (κ1) is 19.5. The maximum Gasteiger partial charge on any atom is 0.171 e. The molecule has 2 aromatic heterocycles. The van der Waals surface area contributed by atoms with Crippen LogP contribution in [0.25, 0.3) is 11.3 Å². The summed E-state index contributed by atoms with van der Waals surface area (Å²) >= 11 is 5.41. The lowest BCUT2D eigenvalue weighted by molar-refractivity contribution is 0.481. The Morgan fingerprint density at radius 2 is 2.00 bits per heavy atom. The monoisotopic (exact) mass is 406 g/mol. The van der Waals surface area contributed by atoms with Crippen molar-refractivity contribution in [3.05, 3.63) is 66.6 Å². The lowest BCUT2D eigenvalue weighted by Crippen LogP contribution is -2.37.